The van der Waals surface area contributed by atoms with E-state index >= 15 is 0 Å². The minimum atomic E-state index is -1.26. The molecule has 1 atom stereocenters. The van der Waals surface area contributed by atoms with Crippen LogP contribution in [0.15, 0.2) is 29.8 Å². The van der Waals surface area contributed by atoms with Gasteiger partial charge in [0.05, 0.1) is 10.6 Å². The standard InChI is InChI=1S/C13H13FN2O2S/c1-8(12-15-4-5-19-12)7-16-9-2-3-10(13(17)18)11(14)6-9/h2-6,8,16H,7H2,1H3,(H,17,18). The average Bonchev–Trinajstić information content (AvgIpc) is 2.89. The first-order chi connectivity index (χ1) is 9.08. The number of anilines is 1. The van der Waals surface area contributed by atoms with Gasteiger partial charge >= 0.3 is 5.97 Å². The number of rotatable bonds is 5. The molecule has 2 aromatic rings. The van der Waals surface area contributed by atoms with E-state index in [1.807, 2.05) is 12.3 Å². The van der Waals surface area contributed by atoms with Crippen LogP contribution in [0.25, 0.3) is 0 Å². The second-order valence-corrected chi connectivity index (χ2v) is 5.08. The van der Waals surface area contributed by atoms with Crippen LogP contribution in [0.2, 0.25) is 0 Å². The van der Waals surface area contributed by atoms with Crippen LogP contribution in [0.1, 0.15) is 28.2 Å². The lowest BCUT2D eigenvalue weighted by Crippen LogP contribution is -2.10. The highest BCUT2D eigenvalue weighted by Crippen LogP contribution is 2.20. The number of benzene rings is 1. The van der Waals surface area contributed by atoms with Crippen LogP contribution in [0, 0.1) is 5.82 Å². The van der Waals surface area contributed by atoms with Crippen LogP contribution in [-0.2, 0) is 0 Å². The number of carbonyl (C=O) groups is 1. The van der Waals surface area contributed by atoms with Crippen molar-refractivity contribution in [2.45, 2.75) is 12.8 Å². The number of carboxylic acid groups (broad SMARTS) is 1. The molecule has 0 aliphatic heterocycles. The van der Waals surface area contributed by atoms with Gasteiger partial charge in [-0.2, -0.15) is 0 Å². The average molecular weight is 280 g/mol. The van der Waals surface area contributed by atoms with Crippen molar-refractivity contribution < 1.29 is 14.3 Å². The van der Waals surface area contributed by atoms with Gasteiger partial charge < -0.3 is 10.4 Å². The summed E-state index contributed by atoms with van der Waals surface area (Å²) < 4.78 is 13.5. The van der Waals surface area contributed by atoms with Gasteiger partial charge in [-0.25, -0.2) is 14.2 Å². The molecule has 2 N–H and O–H groups in total. The highest BCUT2D eigenvalue weighted by Gasteiger charge is 2.11. The Hall–Kier alpha value is -1.95. The summed E-state index contributed by atoms with van der Waals surface area (Å²) in [7, 11) is 0. The van der Waals surface area contributed by atoms with Crippen LogP contribution in [-0.4, -0.2) is 22.6 Å². The van der Waals surface area contributed by atoms with E-state index in [2.05, 4.69) is 10.3 Å². The number of hydrogen-bond acceptors (Lipinski definition) is 4. The van der Waals surface area contributed by atoms with E-state index in [-0.39, 0.29) is 11.5 Å². The Morgan fingerprint density at radius 2 is 2.37 bits per heavy atom. The predicted molar refractivity (Wildman–Crippen MR) is 72.4 cm³/mol. The Morgan fingerprint density at radius 3 is 2.95 bits per heavy atom. The molecule has 2 rings (SSSR count). The van der Waals surface area contributed by atoms with Gasteiger partial charge in [-0.1, -0.05) is 6.92 Å². The molecule has 1 heterocycles. The van der Waals surface area contributed by atoms with Crippen molar-refractivity contribution >= 4 is 23.0 Å². The topological polar surface area (TPSA) is 62.2 Å². The summed E-state index contributed by atoms with van der Waals surface area (Å²) in [5.41, 5.74) is 0.240. The van der Waals surface area contributed by atoms with E-state index in [1.165, 1.54) is 12.1 Å². The van der Waals surface area contributed by atoms with Crippen molar-refractivity contribution in [3.05, 3.63) is 46.2 Å². The van der Waals surface area contributed by atoms with Crippen molar-refractivity contribution in [3.63, 3.8) is 0 Å². The molecule has 0 amide bonds. The number of hydrogen-bond donors (Lipinski definition) is 2. The lowest BCUT2D eigenvalue weighted by molar-refractivity contribution is 0.0692. The fraction of sp³-hybridized carbons (Fsp3) is 0.231. The summed E-state index contributed by atoms with van der Waals surface area (Å²) in [4.78, 5) is 14.9. The largest absolute Gasteiger partial charge is 0.478 e. The van der Waals surface area contributed by atoms with Crippen LogP contribution in [0.3, 0.4) is 0 Å². The van der Waals surface area contributed by atoms with Crippen molar-refractivity contribution in [2.75, 3.05) is 11.9 Å². The maximum Gasteiger partial charge on any atom is 0.338 e. The summed E-state index contributed by atoms with van der Waals surface area (Å²) in [6.45, 7) is 2.63. The van der Waals surface area contributed by atoms with E-state index in [0.29, 0.717) is 12.2 Å². The quantitative estimate of drug-likeness (QED) is 0.883. The maximum atomic E-state index is 13.5. The number of aromatic carboxylic acids is 1. The molecule has 4 nitrogen and oxygen atoms in total. The molecule has 0 saturated heterocycles. The Labute approximate surface area is 113 Å². The second kappa shape index (κ2) is 5.79. The fourth-order valence-electron chi connectivity index (χ4n) is 1.63. The van der Waals surface area contributed by atoms with Gasteiger partial charge in [0.25, 0.3) is 0 Å². The zero-order valence-electron chi connectivity index (χ0n) is 10.3. The van der Waals surface area contributed by atoms with Gasteiger partial charge in [-0.15, -0.1) is 11.3 Å². The van der Waals surface area contributed by atoms with Crippen LogP contribution >= 0.6 is 11.3 Å². The van der Waals surface area contributed by atoms with E-state index in [0.717, 1.165) is 5.01 Å². The molecule has 0 aliphatic carbocycles. The monoisotopic (exact) mass is 280 g/mol. The van der Waals surface area contributed by atoms with Gasteiger partial charge in [0, 0.05) is 29.7 Å². The molecule has 0 aliphatic rings. The Morgan fingerprint density at radius 1 is 1.58 bits per heavy atom. The van der Waals surface area contributed by atoms with E-state index < -0.39 is 11.8 Å². The number of nitrogens with zero attached hydrogens (tertiary/aromatic N) is 1. The van der Waals surface area contributed by atoms with Crippen molar-refractivity contribution in [2.24, 2.45) is 0 Å². The van der Waals surface area contributed by atoms with Crippen LogP contribution in [0.5, 0.6) is 0 Å². The maximum absolute atomic E-state index is 13.5. The van der Waals surface area contributed by atoms with Gasteiger partial charge in [-0.05, 0) is 18.2 Å². The summed E-state index contributed by atoms with van der Waals surface area (Å²) in [5, 5.41) is 14.7. The molecule has 0 bridgehead atoms. The molecule has 0 fully saturated rings. The summed E-state index contributed by atoms with van der Waals surface area (Å²) >= 11 is 1.57. The third kappa shape index (κ3) is 3.29. The number of carboxylic acids is 1. The van der Waals surface area contributed by atoms with Crippen molar-refractivity contribution in [3.8, 4) is 0 Å². The van der Waals surface area contributed by atoms with E-state index in [4.69, 9.17) is 5.11 Å². The zero-order chi connectivity index (χ0) is 13.8. The Kier molecular flexibility index (Phi) is 4.11. The molecule has 19 heavy (non-hydrogen) atoms. The fourth-order valence-corrected chi connectivity index (χ4v) is 2.33. The molecule has 1 unspecified atom stereocenters. The number of nitrogens with one attached hydrogen (secondary N) is 1. The highest BCUT2D eigenvalue weighted by molar-refractivity contribution is 7.09. The number of aromatic nitrogens is 1. The van der Waals surface area contributed by atoms with Crippen molar-refractivity contribution in [1.29, 1.82) is 0 Å². The van der Waals surface area contributed by atoms with Gasteiger partial charge in [0.2, 0.25) is 0 Å². The Bertz CT molecular complexity index is 572. The molecule has 0 saturated carbocycles. The predicted octanol–water partition coefficient (Wildman–Crippen LogP) is 3.20. The summed E-state index contributed by atoms with van der Waals surface area (Å²) in [6, 6.07) is 4.01. The molecule has 0 radical (unpaired) electrons. The molecular weight excluding hydrogens is 267 g/mol. The second-order valence-electron chi connectivity index (χ2n) is 4.15. The lowest BCUT2D eigenvalue weighted by atomic mass is 10.1. The number of halogens is 1. The lowest BCUT2D eigenvalue weighted by Gasteiger charge is -2.11. The first kappa shape index (κ1) is 13.5. The van der Waals surface area contributed by atoms with Crippen molar-refractivity contribution in [1.82, 2.24) is 4.98 Å². The molecule has 0 spiro atoms. The Balaban J connectivity index is 2.00. The SMILES string of the molecule is CC(CNc1ccc(C(=O)O)c(F)c1)c1nccs1. The van der Waals surface area contributed by atoms with Crippen LogP contribution < -0.4 is 5.32 Å². The van der Waals surface area contributed by atoms with Gasteiger partial charge in [0.1, 0.15) is 5.82 Å². The third-order valence-corrected chi connectivity index (χ3v) is 3.69. The number of thiazole rings is 1. The van der Waals surface area contributed by atoms with Gasteiger partial charge in [0.15, 0.2) is 0 Å². The van der Waals surface area contributed by atoms with E-state index in [1.54, 1.807) is 23.6 Å². The minimum Gasteiger partial charge on any atom is -0.478 e. The zero-order valence-corrected chi connectivity index (χ0v) is 11.1. The van der Waals surface area contributed by atoms with Gasteiger partial charge in [-0.3, -0.25) is 0 Å². The molecule has 6 heteroatoms. The summed E-state index contributed by atoms with van der Waals surface area (Å²) in [5.74, 6) is -1.79. The first-order valence-electron chi connectivity index (χ1n) is 5.74. The molecule has 1 aromatic heterocycles. The first-order valence-corrected chi connectivity index (χ1v) is 6.62. The normalized spacial score (nSPS) is 12.1. The minimum absolute atomic E-state index is 0.210. The molecular formula is C13H13FN2O2S. The summed E-state index contributed by atoms with van der Waals surface area (Å²) in [6.07, 6.45) is 1.75. The van der Waals surface area contributed by atoms with E-state index in [9.17, 15) is 9.18 Å². The smallest absolute Gasteiger partial charge is 0.338 e. The molecule has 1 aromatic carbocycles. The van der Waals surface area contributed by atoms with Crippen LogP contribution in [0.4, 0.5) is 10.1 Å². The highest BCUT2D eigenvalue weighted by atomic mass is 32.1. The molecule has 100 valence electrons. The third-order valence-electron chi connectivity index (χ3n) is 2.68.